The smallest absolute Gasteiger partial charge is 0.305 e. The molecule has 0 radical (unpaired) electrons. The number of carbonyl (C=O) groups is 1. The molecule has 0 saturated heterocycles. The van der Waals surface area contributed by atoms with E-state index in [1.807, 2.05) is 0 Å². The lowest BCUT2D eigenvalue weighted by molar-refractivity contribution is -0.387. The molecule has 0 bridgehead atoms. The van der Waals surface area contributed by atoms with Crippen LogP contribution >= 0.6 is 0 Å². The van der Waals surface area contributed by atoms with E-state index in [4.69, 9.17) is 0 Å². The molecule has 114 valence electrons. The SMILES string of the molecule is CCN(CCNC(=O)c1ccc(F)c([N+](=O)[O-])c1)C1CC1. The topological polar surface area (TPSA) is 75.5 Å². The average Bonchev–Trinajstić information content (AvgIpc) is 3.28. The van der Waals surface area contributed by atoms with E-state index < -0.39 is 22.3 Å². The molecule has 0 aliphatic heterocycles. The summed E-state index contributed by atoms with van der Waals surface area (Å²) in [5.74, 6) is -1.37. The van der Waals surface area contributed by atoms with Crippen LogP contribution in [0.3, 0.4) is 0 Å². The molecule has 1 N–H and O–H groups in total. The van der Waals surface area contributed by atoms with Gasteiger partial charge in [0, 0.05) is 30.8 Å². The highest BCUT2D eigenvalue weighted by Gasteiger charge is 2.27. The summed E-state index contributed by atoms with van der Waals surface area (Å²) in [7, 11) is 0. The van der Waals surface area contributed by atoms with Crippen molar-refractivity contribution in [1.82, 2.24) is 10.2 Å². The third-order valence-electron chi connectivity index (χ3n) is 3.56. The van der Waals surface area contributed by atoms with Gasteiger partial charge in [-0.3, -0.25) is 19.8 Å². The Bertz CT molecular complexity index is 546. The zero-order valence-corrected chi connectivity index (χ0v) is 11.8. The Kier molecular flexibility index (Phi) is 4.85. The van der Waals surface area contributed by atoms with Crippen molar-refractivity contribution in [2.45, 2.75) is 25.8 Å². The van der Waals surface area contributed by atoms with Crippen LogP contribution in [0.15, 0.2) is 18.2 Å². The highest BCUT2D eigenvalue weighted by molar-refractivity contribution is 5.94. The van der Waals surface area contributed by atoms with E-state index >= 15 is 0 Å². The van der Waals surface area contributed by atoms with Crippen molar-refractivity contribution >= 4 is 11.6 Å². The summed E-state index contributed by atoms with van der Waals surface area (Å²) in [6, 6.07) is 3.77. The van der Waals surface area contributed by atoms with E-state index in [9.17, 15) is 19.3 Å². The summed E-state index contributed by atoms with van der Waals surface area (Å²) >= 11 is 0. The fourth-order valence-corrected chi connectivity index (χ4v) is 2.25. The number of hydrogen-bond donors (Lipinski definition) is 1. The van der Waals surface area contributed by atoms with Gasteiger partial charge >= 0.3 is 5.69 Å². The van der Waals surface area contributed by atoms with Crippen LogP contribution < -0.4 is 5.32 Å². The van der Waals surface area contributed by atoms with Crippen molar-refractivity contribution in [2.75, 3.05) is 19.6 Å². The molecule has 0 spiro atoms. The molecule has 0 unspecified atom stereocenters. The van der Waals surface area contributed by atoms with Crippen LogP contribution in [0.5, 0.6) is 0 Å². The molecule has 0 atom stereocenters. The molecule has 0 heterocycles. The fourth-order valence-electron chi connectivity index (χ4n) is 2.25. The second-order valence-corrected chi connectivity index (χ2v) is 5.04. The minimum absolute atomic E-state index is 0.0950. The number of nitrogens with one attached hydrogen (secondary N) is 1. The van der Waals surface area contributed by atoms with Gasteiger partial charge in [0.05, 0.1) is 4.92 Å². The second-order valence-electron chi connectivity index (χ2n) is 5.04. The van der Waals surface area contributed by atoms with Crippen LogP contribution in [0.4, 0.5) is 10.1 Å². The molecule has 21 heavy (non-hydrogen) atoms. The molecule has 2 rings (SSSR count). The maximum absolute atomic E-state index is 13.2. The second kappa shape index (κ2) is 6.62. The Labute approximate surface area is 122 Å². The number of nitro groups is 1. The molecule has 1 saturated carbocycles. The van der Waals surface area contributed by atoms with Gasteiger partial charge in [0.2, 0.25) is 5.82 Å². The summed E-state index contributed by atoms with van der Waals surface area (Å²) in [6.07, 6.45) is 2.40. The summed E-state index contributed by atoms with van der Waals surface area (Å²) in [5, 5.41) is 13.4. The van der Waals surface area contributed by atoms with Crippen molar-refractivity contribution in [1.29, 1.82) is 0 Å². The highest BCUT2D eigenvalue weighted by atomic mass is 19.1. The number of rotatable bonds is 7. The lowest BCUT2D eigenvalue weighted by Crippen LogP contribution is -2.36. The molecule has 1 aliphatic rings. The van der Waals surface area contributed by atoms with Crippen molar-refractivity contribution in [3.8, 4) is 0 Å². The van der Waals surface area contributed by atoms with E-state index in [1.165, 1.54) is 18.9 Å². The van der Waals surface area contributed by atoms with Gasteiger partial charge in [0.25, 0.3) is 5.91 Å². The van der Waals surface area contributed by atoms with Crippen LogP contribution in [0, 0.1) is 15.9 Å². The molecular formula is C14H18FN3O3. The van der Waals surface area contributed by atoms with Gasteiger partial charge in [-0.1, -0.05) is 6.92 Å². The van der Waals surface area contributed by atoms with E-state index in [0.29, 0.717) is 12.6 Å². The minimum Gasteiger partial charge on any atom is -0.351 e. The van der Waals surface area contributed by atoms with Crippen LogP contribution in [0.1, 0.15) is 30.1 Å². The molecule has 1 aromatic carbocycles. The van der Waals surface area contributed by atoms with Crippen molar-refractivity contribution in [3.05, 3.63) is 39.7 Å². The Morgan fingerprint density at radius 3 is 2.81 bits per heavy atom. The van der Waals surface area contributed by atoms with Crippen molar-refractivity contribution in [3.63, 3.8) is 0 Å². The minimum atomic E-state index is -0.942. The monoisotopic (exact) mass is 295 g/mol. The van der Waals surface area contributed by atoms with Gasteiger partial charge in [0.15, 0.2) is 0 Å². The molecule has 1 aromatic rings. The number of carbonyl (C=O) groups excluding carboxylic acids is 1. The summed E-state index contributed by atoms with van der Waals surface area (Å²) < 4.78 is 13.2. The molecule has 1 aliphatic carbocycles. The quantitative estimate of drug-likeness (QED) is 0.616. The first-order chi connectivity index (χ1) is 10.0. The Morgan fingerprint density at radius 2 is 2.24 bits per heavy atom. The van der Waals surface area contributed by atoms with E-state index in [2.05, 4.69) is 17.1 Å². The van der Waals surface area contributed by atoms with Gasteiger partial charge in [-0.05, 0) is 31.5 Å². The highest BCUT2D eigenvalue weighted by Crippen LogP contribution is 2.25. The van der Waals surface area contributed by atoms with E-state index in [0.717, 1.165) is 25.2 Å². The molecule has 1 amide bonds. The lowest BCUT2D eigenvalue weighted by atomic mass is 10.2. The number of benzene rings is 1. The standard InChI is InChI=1S/C14H18FN3O3/c1-2-17(11-4-5-11)8-7-16-14(19)10-3-6-12(15)13(9-10)18(20)21/h3,6,9,11H,2,4-5,7-8H2,1H3,(H,16,19). The van der Waals surface area contributed by atoms with Crippen molar-refractivity contribution in [2.24, 2.45) is 0 Å². The Hall–Kier alpha value is -2.02. The fraction of sp³-hybridized carbons (Fsp3) is 0.500. The summed E-state index contributed by atoms with van der Waals surface area (Å²) in [4.78, 5) is 24.0. The first kappa shape index (κ1) is 15.4. The maximum Gasteiger partial charge on any atom is 0.305 e. The largest absolute Gasteiger partial charge is 0.351 e. The molecule has 1 fully saturated rings. The first-order valence-electron chi connectivity index (χ1n) is 6.99. The van der Waals surface area contributed by atoms with Gasteiger partial charge in [-0.25, -0.2) is 0 Å². The number of nitrogens with zero attached hydrogens (tertiary/aromatic N) is 2. The van der Waals surface area contributed by atoms with Gasteiger partial charge in [-0.2, -0.15) is 4.39 Å². The van der Waals surface area contributed by atoms with Crippen LogP contribution in [-0.2, 0) is 0 Å². The number of hydrogen-bond acceptors (Lipinski definition) is 4. The molecule has 0 aromatic heterocycles. The van der Waals surface area contributed by atoms with E-state index in [1.54, 1.807) is 0 Å². The van der Waals surface area contributed by atoms with Crippen LogP contribution in [0.2, 0.25) is 0 Å². The number of likely N-dealkylation sites (N-methyl/N-ethyl adjacent to an activating group) is 1. The van der Waals surface area contributed by atoms with Gasteiger partial charge in [0.1, 0.15) is 0 Å². The zero-order valence-electron chi connectivity index (χ0n) is 11.8. The first-order valence-corrected chi connectivity index (χ1v) is 6.99. The normalized spacial score (nSPS) is 14.2. The number of nitro benzene ring substituents is 1. The summed E-state index contributed by atoms with van der Waals surface area (Å²) in [5.41, 5.74) is -0.589. The molecule has 7 heteroatoms. The van der Waals surface area contributed by atoms with Crippen LogP contribution in [-0.4, -0.2) is 41.4 Å². The maximum atomic E-state index is 13.2. The van der Waals surface area contributed by atoms with E-state index in [-0.39, 0.29) is 5.56 Å². The molecular weight excluding hydrogens is 277 g/mol. The Morgan fingerprint density at radius 1 is 1.52 bits per heavy atom. The average molecular weight is 295 g/mol. The number of halogens is 1. The lowest BCUT2D eigenvalue weighted by Gasteiger charge is -2.19. The summed E-state index contributed by atoms with van der Waals surface area (Å²) in [6.45, 7) is 4.22. The predicted octanol–water partition coefficient (Wildman–Crippen LogP) is 1.95. The third-order valence-corrected chi connectivity index (χ3v) is 3.56. The third kappa shape index (κ3) is 3.98. The number of amides is 1. The Balaban J connectivity index is 1.91. The molecule has 6 nitrogen and oxygen atoms in total. The van der Waals surface area contributed by atoms with Crippen molar-refractivity contribution < 1.29 is 14.1 Å². The van der Waals surface area contributed by atoms with Gasteiger partial charge in [-0.15, -0.1) is 0 Å². The zero-order chi connectivity index (χ0) is 15.4. The predicted molar refractivity (Wildman–Crippen MR) is 75.7 cm³/mol. The van der Waals surface area contributed by atoms with Gasteiger partial charge < -0.3 is 5.32 Å². The van der Waals surface area contributed by atoms with Crippen LogP contribution in [0.25, 0.3) is 0 Å².